The van der Waals surface area contributed by atoms with E-state index in [1.54, 1.807) is 17.3 Å². The Balaban J connectivity index is 1.61. The zero-order valence-corrected chi connectivity index (χ0v) is 14.7. The zero-order valence-electron chi connectivity index (χ0n) is 14.7. The number of piperidine rings is 1. The fourth-order valence-electron chi connectivity index (χ4n) is 3.65. The van der Waals surface area contributed by atoms with E-state index in [1.165, 1.54) is 0 Å². The SMILES string of the molecule is NC(=O)c1c[nH]c2ncc(-c3cccc(CN4CCCC(F)(F)C4)c3)cc12. The number of nitrogens with two attached hydrogens (primary N) is 1. The van der Waals surface area contributed by atoms with Crippen molar-refractivity contribution in [2.24, 2.45) is 5.73 Å². The van der Waals surface area contributed by atoms with E-state index >= 15 is 0 Å². The minimum absolute atomic E-state index is 0.0336. The molecule has 0 radical (unpaired) electrons. The van der Waals surface area contributed by atoms with Gasteiger partial charge in [0.1, 0.15) is 5.65 Å². The molecule has 3 heterocycles. The number of aromatic nitrogens is 2. The minimum atomic E-state index is -2.61. The maximum atomic E-state index is 13.6. The number of H-pyrrole nitrogens is 1. The number of nitrogens with zero attached hydrogens (tertiary/aromatic N) is 2. The molecule has 1 aromatic carbocycles. The molecule has 0 aliphatic carbocycles. The third-order valence-corrected chi connectivity index (χ3v) is 4.93. The first-order chi connectivity index (χ1) is 12.9. The van der Waals surface area contributed by atoms with Gasteiger partial charge in [-0.15, -0.1) is 0 Å². The summed E-state index contributed by atoms with van der Waals surface area (Å²) in [5.41, 5.74) is 9.13. The number of alkyl halides is 2. The molecule has 1 fully saturated rings. The summed E-state index contributed by atoms with van der Waals surface area (Å²) in [5, 5.41) is 0.668. The van der Waals surface area contributed by atoms with Gasteiger partial charge in [0.15, 0.2) is 0 Å². The molecule has 0 spiro atoms. The number of carbonyl (C=O) groups excluding carboxylic acids is 1. The minimum Gasteiger partial charge on any atom is -0.366 e. The van der Waals surface area contributed by atoms with Gasteiger partial charge in [-0.2, -0.15) is 0 Å². The average molecular weight is 370 g/mol. The highest BCUT2D eigenvalue weighted by atomic mass is 19.3. The molecule has 3 N–H and O–H groups in total. The van der Waals surface area contributed by atoms with Gasteiger partial charge < -0.3 is 10.7 Å². The van der Waals surface area contributed by atoms with Crippen LogP contribution in [-0.2, 0) is 6.54 Å². The topological polar surface area (TPSA) is 75.0 Å². The number of amides is 1. The van der Waals surface area contributed by atoms with Crippen molar-refractivity contribution >= 4 is 16.9 Å². The lowest BCUT2D eigenvalue weighted by Crippen LogP contribution is -2.41. The van der Waals surface area contributed by atoms with Gasteiger partial charge >= 0.3 is 0 Å². The van der Waals surface area contributed by atoms with Crippen LogP contribution in [-0.4, -0.2) is 39.8 Å². The van der Waals surface area contributed by atoms with Crippen LogP contribution in [0.3, 0.4) is 0 Å². The summed E-state index contributed by atoms with van der Waals surface area (Å²) >= 11 is 0. The summed E-state index contributed by atoms with van der Waals surface area (Å²) in [5.74, 6) is -3.12. The van der Waals surface area contributed by atoms with Crippen LogP contribution in [0.5, 0.6) is 0 Å². The van der Waals surface area contributed by atoms with E-state index in [0.29, 0.717) is 36.1 Å². The maximum absolute atomic E-state index is 13.6. The highest BCUT2D eigenvalue weighted by Gasteiger charge is 2.34. The normalized spacial score (nSPS) is 17.3. The van der Waals surface area contributed by atoms with Gasteiger partial charge in [-0.05, 0) is 36.2 Å². The molecule has 4 rings (SSSR count). The quantitative estimate of drug-likeness (QED) is 0.737. The van der Waals surface area contributed by atoms with E-state index in [4.69, 9.17) is 5.73 Å². The molecule has 27 heavy (non-hydrogen) atoms. The van der Waals surface area contributed by atoms with Crippen LogP contribution in [0.2, 0.25) is 0 Å². The molecular formula is C20H20F2N4O. The first kappa shape index (κ1) is 17.6. The Bertz CT molecular complexity index is 999. The number of benzene rings is 1. The molecule has 0 unspecified atom stereocenters. The molecule has 2 aromatic heterocycles. The molecule has 140 valence electrons. The van der Waals surface area contributed by atoms with Gasteiger partial charge in [-0.3, -0.25) is 9.69 Å². The van der Waals surface area contributed by atoms with Crippen LogP contribution < -0.4 is 5.73 Å². The number of carbonyl (C=O) groups is 1. The Labute approximate surface area is 155 Å². The molecule has 5 nitrogen and oxygen atoms in total. The van der Waals surface area contributed by atoms with E-state index < -0.39 is 11.8 Å². The number of pyridine rings is 1. The Kier molecular flexibility index (Phi) is 4.39. The van der Waals surface area contributed by atoms with Crippen LogP contribution >= 0.6 is 0 Å². The Morgan fingerprint density at radius 1 is 1.30 bits per heavy atom. The van der Waals surface area contributed by atoms with Gasteiger partial charge in [0.2, 0.25) is 0 Å². The third kappa shape index (κ3) is 3.68. The smallest absolute Gasteiger partial charge is 0.260 e. The monoisotopic (exact) mass is 370 g/mol. The van der Waals surface area contributed by atoms with Crippen LogP contribution in [0.15, 0.2) is 42.7 Å². The second-order valence-electron chi connectivity index (χ2n) is 7.06. The van der Waals surface area contributed by atoms with Crippen LogP contribution in [0.4, 0.5) is 8.78 Å². The van der Waals surface area contributed by atoms with Crippen molar-refractivity contribution in [3.63, 3.8) is 0 Å². The van der Waals surface area contributed by atoms with E-state index in [9.17, 15) is 13.6 Å². The molecular weight excluding hydrogens is 350 g/mol. The first-order valence-corrected chi connectivity index (χ1v) is 8.88. The second-order valence-corrected chi connectivity index (χ2v) is 7.06. The van der Waals surface area contributed by atoms with E-state index in [-0.39, 0.29) is 13.0 Å². The highest BCUT2D eigenvalue weighted by molar-refractivity contribution is 6.05. The number of fused-ring (bicyclic) bond motifs is 1. The lowest BCUT2D eigenvalue weighted by molar-refractivity contribution is -0.0661. The summed E-state index contributed by atoms with van der Waals surface area (Å²) in [7, 11) is 0. The zero-order chi connectivity index (χ0) is 19.0. The number of primary amides is 1. The van der Waals surface area contributed by atoms with Crippen LogP contribution in [0.1, 0.15) is 28.8 Å². The van der Waals surface area contributed by atoms with Crippen molar-refractivity contribution in [1.82, 2.24) is 14.9 Å². The molecule has 1 saturated heterocycles. The number of rotatable bonds is 4. The van der Waals surface area contributed by atoms with Crippen molar-refractivity contribution < 1.29 is 13.6 Å². The molecule has 1 aliphatic rings. The highest BCUT2D eigenvalue weighted by Crippen LogP contribution is 2.29. The number of hydrogen-bond acceptors (Lipinski definition) is 3. The Morgan fingerprint density at radius 3 is 2.93 bits per heavy atom. The third-order valence-electron chi connectivity index (χ3n) is 4.93. The summed E-state index contributed by atoms with van der Waals surface area (Å²) in [4.78, 5) is 20.6. The van der Waals surface area contributed by atoms with Gasteiger partial charge in [0, 0.05) is 36.3 Å². The predicted octanol–water partition coefficient (Wildman–Crippen LogP) is 3.56. The fourth-order valence-corrected chi connectivity index (χ4v) is 3.65. The number of nitrogens with one attached hydrogen (secondary N) is 1. The Morgan fingerprint density at radius 2 is 2.15 bits per heavy atom. The van der Waals surface area contributed by atoms with Crippen LogP contribution in [0.25, 0.3) is 22.2 Å². The van der Waals surface area contributed by atoms with E-state index in [1.807, 2.05) is 30.3 Å². The summed E-state index contributed by atoms with van der Waals surface area (Å²) < 4.78 is 27.3. The first-order valence-electron chi connectivity index (χ1n) is 8.88. The van der Waals surface area contributed by atoms with E-state index in [0.717, 1.165) is 16.7 Å². The lowest BCUT2D eigenvalue weighted by Gasteiger charge is -2.32. The van der Waals surface area contributed by atoms with Crippen molar-refractivity contribution in [1.29, 1.82) is 0 Å². The standard InChI is InChI=1S/C20H20F2N4O/c21-20(22)5-2-6-26(12-20)11-13-3-1-4-14(7-13)15-8-16-17(18(23)27)10-25-19(16)24-9-15/h1,3-4,7-10H,2,5-6,11-12H2,(H2,23,27)(H,24,25). The molecule has 1 aliphatic heterocycles. The van der Waals surface area contributed by atoms with Gasteiger partial charge in [0.05, 0.1) is 12.1 Å². The maximum Gasteiger partial charge on any atom is 0.260 e. The predicted molar refractivity (Wildman–Crippen MR) is 99.5 cm³/mol. The average Bonchev–Trinajstić information content (AvgIpc) is 3.04. The van der Waals surface area contributed by atoms with Crippen molar-refractivity contribution in [3.05, 3.63) is 53.9 Å². The van der Waals surface area contributed by atoms with Crippen molar-refractivity contribution in [2.75, 3.05) is 13.1 Å². The van der Waals surface area contributed by atoms with Crippen LogP contribution in [0, 0.1) is 0 Å². The van der Waals surface area contributed by atoms with Gasteiger partial charge in [-0.25, -0.2) is 13.8 Å². The van der Waals surface area contributed by atoms with Crippen molar-refractivity contribution in [3.8, 4) is 11.1 Å². The summed E-state index contributed by atoms with van der Waals surface area (Å²) in [6.45, 7) is 0.963. The number of likely N-dealkylation sites (tertiary alicyclic amines) is 1. The Hall–Kier alpha value is -2.80. The summed E-state index contributed by atoms with van der Waals surface area (Å²) in [6.07, 6.45) is 3.75. The van der Waals surface area contributed by atoms with E-state index in [2.05, 4.69) is 9.97 Å². The molecule has 0 saturated carbocycles. The second kappa shape index (κ2) is 6.74. The molecule has 0 bridgehead atoms. The largest absolute Gasteiger partial charge is 0.366 e. The molecule has 3 aromatic rings. The number of halogens is 2. The van der Waals surface area contributed by atoms with Gasteiger partial charge in [-0.1, -0.05) is 18.2 Å². The summed E-state index contributed by atoms with van der Waals surface area (Å²) in [6, 6.07) is 9.63. The lowest BCUT2D eigenvalue weighted by atomic mass is 10.0. The molecule has 0 atom stereocenters. The molecule has 1 amide bonds. The fraction of sp³-hybridized carbons (Fsp3) is 0.300. The number of aromatic amines is 1. The van der Waals surface area contributed by atoms with Gasteiger partial charge in [0.25, 0.3) is 11.8 Å². The number of hydrogen-bond donors (Lipinski definition) is 2. The van der Waals surface area contributed by atoms with Crippen molar-refractivity contribution in [2.45, 2.75) is 25.3 Å². The molecule has 7 heteroatoms.